The first-order valence-corrected chi connectivity index (χ1v) is 6.30. The van der Waals surface area contributed by atoms with Crippen LogP contribution in [0.3, 0.4) is 0 Å². The number of hydrogen-bond donors (Lipinski definition) is 2. The molecule has 2 aliphatic rings. The number of hydrazone groups is 1. The van der Waals surface area contributed by atoms with Crippen LogP contribution in [0, 0.1) is 0 Å². The van der Waals surface area contributed by atoms with Crippen molar-refractivity contribution >= 4 is 28.6 Å². The zero-order valence-corrected chi connectivity index (χ0v) is 11.1. The van der Waals surface area contributed by atoms with Crippen molar-refractivity contribution in [2.75, 3.05) is 6.61 Å². The van der Waals surface area contributed by atoms with Gasteiger partial charge in [-0.05, 0) is 20.8 Å². The van der Waals surface area contributed by atoms with Gasteiger partial charge in [0, 0.05) is 5.41 Å². The van der Waals surface area contributed by atoms with Gasteiger partial charge in [0.2, 0.25) is 5.71 Å². The van der Waals surface area contributed by atoms with Gasteiger partial charge in [0.1, 0.15) is 5.66 Å². The Labute approximate surface area is 109 Å². The predicted octanol–water partition coefficient (Wildman–Crippen LogP) is 0.880. The van der Waals surface area contributed by atoms with Crippen molar-refractivity contribution in [2.24, 2.45) is 10.3 Å². The van der Waals surface area contributed by atoms with Gasteiger partial charge < -0.3 is 9.94 Å². The molecule has 0 fully saturated rings. The Morgan fingerprint density at radius 1 is 1.72 bits per heavy atom. The number of oxime groups is 1. The normalized spacial score (nSPS) is 21.1. The Morgan fingerprint density at radius 2 is 2.44 bits per heavy atom. The number of hydrogen-bond acceptors (Lipinski definition) is 8. The van der Waals surface area contributed by atoms with Gasteiger partial charge in [-0.3, -0.25) is 10.3 Å². The summed E-state index contributed by atoms with van der Waals surface area (Å²) in [7, 11) is 0. The molecule has 0 radical (unpaired) electrons. The maximum Gasteiger partial charge on any atom is 0.362 e. The number of thioether (sulfide) groups is 1. The number of nitrogens with zero attached hydrogens (tertiary/aromatic N) is 3. The van der Waals surface area contributed by atoms with Crippen LogP contribution in [-0.4, -0.2) is 39.2 Å². The van der Waals surface area contributed by atoms with Crippen LogP contribution in [0.4, 0.5) is 0 Å². The van der Waals surface area contributed by atoms with Crippen molar-refractivity contribution < 1.29 is 14.7 Å². The highest BCUT2D eigenvalue weighted by Gasteiger charge is 2.43. The van der Waals surface area contributed by atoms with E-state index in [9.17, 15) is 4.79 Å². The average Bonchev–Trinajstić information content (AvgIpc) is 2.84. The number of rotatable bonds is 3. The summed E-state index contributed by atoms with van der Waals surface area (Å²) in [4.78, 5) is 13.5. The summed E-state index contributed by atoms with van der Waals surface area (Å²) >= 11 is 1.35. The molecule has 2 heterocycles. The number of amidine groups is 1. The Morgan fingerprint density at radius 3 is 3.06 bits per heavy atom. The standard InChI is InChI=1S/C10H14N4O3S/c1-4-17-8(15)7(12-16)6-5-18-9-11-13-10(2,3)14(6)9/h5,13,16H,4H2,1-3H3/b12-7-. The third kappa shape index (κ3) is 1.92. The fraction of sp³-hybridized carbons (Fsp3) is 0.500. The average molecular weight is 270 g/mol. The van der Waals surface area contributed by atoms with Crippen LogP contribution in [0.15, 0.2) is 21.4 Å². The molecule has 0 saturated carbocycles. The molecular weight excluding hydrogens is 256 g/mol. The van der Waals surface area contributed by atoms with Crippen LogP contribution >= 0.6 is 11.8 Å². The quantitative estimate of drug-likeness (QED) is 0.343. The molecule has 7 nitrogen and oxygen atoms in total. The Balaban J connectivity index is 2.29. The van der Waals surface area contributed by atoms with Crippen LogP contribution in [0.1, 0.15) is 20.8 Å². The molecule has 2 N–H and O–H groups in total. The lowest BCUT2D eigenvalue weighted by Gasteiger charge is -2.31. The molecule has 0 aromatic rings. The first-order chi connectivity index (χ1) is 8.51. The maximum atomic E-state index is 11.7. The molecule has 0 aromatic heterocycles. The van der Waals surface area contributed by atoms with Crippen molar-refractivity contribution in [3.63, 3.8) is 0 Å². The van der Waals surface area contributed by atoms with E-state index in [0.717, 1.165) is 0 Å². The fourth-order valence-electron chi connectivity index (χ4n) is 1.73. The lowest BCUT2D eigenvalue weighted by Crippen LogP contribution is -2.48. The highest BCUT2D eigenvalue weighted by atomic mass is 32.2. The molecule has 8 heteroatoms. The van der Waals surface area contributed by atoms with Gasteiger partial charge in [-0.15, -0.1) is 0 Å². The molecule has 0 amide bonds. The third-order valence-corrected chi connectivity index (χ3v) is 3.33. The van der Waals surface area contributed by atoms with Crippen molar-refractivity contribution in [3.05, 3.63) is 11.1 Å². The zero-order chi connectivity index (χ0) is 13.3. The van der Waals surface area contributed by atoms with Crippen molar-refractivity contribution in [3.8, 4) is 0 Å². The molecule has 0 spiro atoms. The van der Waals surface area contributed by atoms with Gasteiger partial charge >= 0.3 is 5.97 Å². The number of ether oxygens (including phenoxy) is 1. The van der Waals surface area contributed by atoms with Crippen molar-refractivity contribution in [2.45, 2.75) is 26.4 Å². The second-order valence-corrected chi connectivity index (χ2v) is 5.03. The van der Waals surface area contributed by atoms with Gasteiger partial charge in [0.25, 0.3) is 0 Å². The lowest BCUT2D eigenvalue weighted by molar-refractivity contribution is -0.135. The maximum absolute atomic E-state index is 11.7. The van der Waals surface area contributed by atoms with E-state index in [2.05, 4.69) is 15.7 Å². The van der Waals surface area contributed by atoms with Gasteiger partial charge in [0.05, 0.1) is 12.3 Å². The SMILES string of the molecule is CCOC(=O)/C(=N\O)C1=CSC2=NNC(C)(C)N12. The molecule has 0 atom stereocenters. The first kappa shape index (κ1) is 12.7. The number of carbonyl (C=O) groups excluding carboxylic acids is 1. The highest BCUT2D eigenvalue weighted by Crippen LogP contribution is 2.36. The molecule has 0 unspecified atom stereocenters. The number of nitrogens with one attached hydrogen (secondary N) is 1. The minimum atomic E-state index is -0.657. The molecule has 2 aliphatic heterocycles. The summed E-state index contributed by atoms with van der Waals surface area (Å²) in [5.74, 6) is -0.657. The third-order valence-electron chi connectivity index (χ3n) is 2.50. The van der Waals surface area contributed by atoms with Crippen LogP contribution in [0.5, 0.6) is 0 Å². The minimum absolute atomic E-state index is 0.119. The summed E-state index contributed by atoms with van der Waals surface area (Å²) in [6.45, 7) is 5.73. The summed E-state index contributed by atoms with van der Waals surface area (Å²) in [5.41, 5.74) is 2.82. The van der Waals surface area contributed by atoms with Gasteiger partial charge in [-0.2, -0.15) is 5.10 Å². The molecule has 0 saturated heterocycles. The van der Waals surface area contributed by atoms with E-state index in [1.807, 2.05) is 13.8 Å². The summed E-state index contributed by atoms with van der Waals surface area (Å²) < 4.78 is 4.86. The van der Waals surface area contributed by atoms with E-state index < -0.39 is 11.6 Å². The molecule has 0 aliphatic carbocycles. The number of carbonyl (C=O) groups is 1. The Hall–Kier alpha value is -1.70. The van der Waals surface area contributed by atoms with E-state index in [1.165, 1.54) is 11.8 Å². The second-order valence-electron chi connectivity index (χ2n) is 4.19. The molecule has 0 bridgehead atoms. The predicted molar refractivity (Wildman–Crippen MR) is 68.0 cm³/mol. The van der Waals surface area contributed by atoms with Crippen molar-refractivity contribution in [1.29, 1.82) is 0 Å². The van der Waals surface area contributed by atoms with Gasteiger partial charge in [-0.1, -0.05) is 16.9 Å². The van der Waals surface area contributed by atoms with Gasteiger partial charge in [-0.25, -0.2) is 4.79 Å². The molecule has 98 valence electrons. The van der Waals surface area contributed by atoms with Crippen LogP contribution in [0.2, 0.25) is 0 Å². The molecule has 18 heavy (non-hydrogen) atoms. The lowest BCUT2D eigenvalue weighted by atomic mass is 10.1. The second kappa shape index (κ2) is 4.52. The number of fused-ring (bicyclic) bond motifs is 1. The molecule has 0 aromatic carbocycles. The van der Waals surface area contributed by atoms with Crippen LogP contribution in [-0.2, 0) is 9.53 Å². The van der Waals surface area contributed by atoms with Crippen LogP contribution < -0.4 is 5.43 Å². The smallest absolute Gasteiger partial charge is 0.362 e. The van der Waals surface area contributed by atoms with Crippen LogP contribution in [0.25, 0.3) is 0 Å². The van der Waals surface area contributed by atoms with E-state index in [4.69, 9.17) is 9.94 Å². The minimum Gasteiger partial charge on any atom is -0.461 e. The van der Waals surface area contributed by atoms with E-state index in [1.54, 1.807) is 17.2 Å². The van der Waals surface area contributed by atoms with Gasteiger partial charge in [0.15, 0.2) is 5.17 Å². The fourth-order valence-corrected chi connectivity index (χ4v) is 2.69. The largest absolute Gasteiger partial charge is 0.461 e. The summed E-state index contributed by atoms with van der Waals surface area (Å²) in [6, 6.07) is 0. The monoisotopic (exact) mass is 270 g/mol. The van der Waals surface area contributed by atoms with Crippen molar-refractivity contribution in [1.82, 2.24) is 10.3 Å². The summed E-state index contributed by atoms with van der Waals surface area (Å²) in [6.07, 6.45) is 0. The first-order valence-electron chi connectivity index (χ1n) is 5.42. The number of esters is 1. The Bertz CT molecular complexity index is 470. The van der Waals surface area contributed by atoms with E-state index in [-0.39, 0.29) is 12.3 Å². The molecular formula is C10H14N4O3S. The summed E-state index contributed by atoms with van der Waals surface area (Å²) in [5, 5.41) is 18.6. The zero-order valence-electron chi connectivity index (χ0n) is 10.3. The van der Waals surface area contributed by atoms with E-state index in [0.29, 0.717) is 10.9 Å². The van der Waals surface area contributed by atoms with E-state index >= 15 is 0 Å². The molecule has 2 rings (SSSR count). The highest BCUT2D eigenvalue weighted by molar-refractivity contribution is 8.16. The topological polar surface area (TPSA) is 86.5 Å². The Kier molecular flexibility index (Phi) is 3.20.